The van der Waals surface area contributed by atoms with E-state index in [1.165, 1.54) is 0 Å². The summed E-state index contributed by atoms with van der Waals surface area (Å²) in [6.07, 6.45) is 1.88. The molecule has 1 rings (SSSR count). The van der Waals surface area contributed by atoms with Crippen LogP contribution >= 0.6 is 0 Å². The van der Waals surface area contributed by atoms with E-state index in [0.29, 0.717) is 0 Å². The van der Waals surface area contributed by atoms with Crippen molar-refractivity contribution < 1.29 is 5.11 Å². The van der Waals surface area contributed by atoms with Gasteiger partial charge < -0.3 is 5.11 Å². The van der Waals surface area contributed by atoms with Gasteiger partial charge in [0, 0.05) is 18.7 Å². The van der Waals surface area contributed by atoms with Gasteiger partial charge in [-0.25, -0.2) is 0 Å². The lowest BCUT2D eigenvalue weighted by atomic mass is 9.91. The zero-order valence-corrected chi connectivity index (χ0v) is 11.2. The Hall–Kier alpha value is -0.830. The molecule has 0 aliphatic rings. The van der Waals surface area contributed by atoms with Crippen molar-refractivity contribution in [1.82, 2.24) is 9.78 Å². The zero-order valence-electron chi connectivity index (χ0n) is 11.2. The van der Waals surface area contributed by atoms with Crippen LogP contribution in [-0.4, -0.2) is 21.5 Å². The van der Waals surface area contributed by atoms with Gasteiger partial charge in [0.1, 0.15) is 0 Å². The molecule has 90 valence electrons. The Morgan fingerprint density at radius 1 is 1.27 bits per heavy atom. The molecule has 1 heterocycles. The highest BCUT2D eigenvalue weighted by atomic mass is 16.3. The van der Waals surface area contributed by atoms with Gasteiger partial charge in [-0.3, -0.25) is 4.68 Å². The van der Waals surface area contributed by atoms with E-state index in [9.17, 15) is 0 Å². The Bertz CT molecular complexity index is 242. The van der Waals surface area contributed by atoms with Crippen molar-refractivity contribution in [1.29, 1.82) is 0 Å². The number of rotatable bonds is 2. The Morgan fingerprint density at radius 2 is 1.73 bits per heavy atom. The lowest BCUT2D eigenvalue weighted by Gasteiger charge is -2.17. The maximum absolute atomic E-state index is 9.01. The minimum Gasteiger partial charge on any atom is -0.395 e. The van der Waals surface area contributed by atoms with Gasteiger partial charge in [-0.2, -0.15) is 5.10 Å². The van der Waals surface area contributed by atoms with Gasteiger partial charge in [-0.05, 0) is 6.07 Å². The summed E-state index contributed by atoms with van der Waals surface area (Å²) in [5, 5.41) is 13.2. The molecule has 0 aliphatic heterocycles. The lowest BCUT2D eigenvalue weighted by molar-refractivity contribution is 0.214. The highest BCUT2D eigenvalue weighted by molar-refractivity contribution is 5.11. The van der Waals surface area contributed by atoms with Crippen molar-refractivity contribution in [3.8, 4) is 0 Å². The molecule has 0 radical (unpaired) electrons. The Kier molecular flexibility index (Phi) is 9.38. The van der Waals surface area contributed by atoms with Gasteiger partial charge >= 0.3 is 0 Å². The predicted molar refractivity (Wildman–Crippen MR) is 66.0 cm³/mol. The zero-order chi connectivity index (χ0) is 12.5. The lowest BCUT2D eigenvalue weighted by Crippen LogP contribution is -2.22. The van der Waals surface area contributed by atoms with Crippen LogP contribution in [0.3, 0.4) is 0 Å². The molecular weight excluding hydrogens is 188 g/mol. The molecule has 3 nitrogen and oxygen atoms in total. The van der Waals surface area contributed by atoms with E-state index in [1.807, 2.05) is 60.9 Å². The minimum absolute atomic E-state index is 0.129. The first kappa shape index (κ1) is 16.6. The maximum atomic E-state index is 9.01. The minimum atomic E-state index is -0.221. The van der Waals surface area contributed by atoms with Crippen molar-refractivity contribution in [3.63, 3.8) is 0 Å². The summed E-state index contributed by atoms with van der Waals surface area (Å²) in [6.45, 7) is 12.1. The molecule has 1 aromatic heterocycles. The fraction of sp³-hybridized carbons (Fsp3) is 0.750. The second-order valence-corrected chi connectivity index (χ2v) is 3.42. The number of nitrogens with zero attached hydrogens (tertiary/aromatic N) is 2. The summed E-state index contributed by atoms with van der Waals surface area (Å²) in [7, 11) is 1.87. The van der Waals surface area contributed by atoms with E-state index in [-0.39, 0.29) is 12.0 Å². The van der Waals surface area contributed by atoms with Crippen molar-refractivity contribution in [2.45, 2.75) is 47.0 Å². The highest BCUT2D eigenvalue weighted by Gasteiger charge is 2.21. The van der Waals surface area contributed by atoms with E-state index in [0.717, 1.165) is 5.69 Å². The first-order chi connectivity index (χ1) is 7.06. The number of hydrogen-bond acceptors (Lipinski definition) is 2. The Labute approximate surface area is 94.1 Å². The van der Waals surface area contributed by atoms with E-state index < -0.39 is 0 Å². The number of aryl methyl sites for hydroxylation is 1. The van der Waals surface area contributed by atoms with Crippen LogP contribution in [0.25, 0.3) is 0 Å². The molecule has 0 spiro atoms. The smallest absolute Gasteiger partial charge is 0.0703 e. The molecule has 0 amide bonds. The molecule has 0 fully saturated rings. The normalized spacial score (nSPS) is 9.60. The van der Waals surface area contributed by atoms with Crippen molar-refractivity contribution in [2.75, 3.05) is 6.61 Å². The van der Waals surface area contributed by atoms with Crippen LogP contribution in [-0.2, 0) is 12.5 Å². The third-order valence-electron chi connectivity index (χ3n) is 1.80. The first-order valence-electron chi connectivity index (χ1n) is 5.67. The second-order valence-electron chi connectivity index (χ2n) is 3.42. The third-order valence-corrected chi connectivity index (χ3v) is 1.80. The molecule has 0 aliphatic carbocycles. The standard InChI is InChI=1S/C8H14N2O.2C2H6/c1-8(2,6-11)7-4-5-10(3)9-7;2*1-2/h4-5,11H,6H2,1-3H3;2*1-2H3. The monoisotopic (exact) mass is 214 g/mol. The van der Waals surface area contributed by atoms with Gasteiger partial charge in [-0.1, -0.05) is 41.5 Å². The van der Waals surface area contributed by atoms with Gasteiger partial charge in [0.05, 0.1) is 12.3 Å². The molecule has 0 aromatic carbocycles. The van der Waals surface area contributed by atoms with Gasteiger partial charge in [0.2, 0.25) is 0 Å². The molecular formula is C12H26N2O. The van der Waals surface area contributed by atoms with Gasteiger partial charge in [0.15, 0.2) is 0 Å². The largest absolute Gasteiger partial charge is 0.395 e. The van der Waals surface area contributed by atoms with Crippen LogP contribution in [0.15, 0.2) is 12.3 Å². The van der Waals surface area contributed by atoms with Gasteiger partial charge in [0.25, 0.3) is 0 Å². The van der Waals surface area contributed by atoms with Crippen LogP contribution in [0, 0.1) is 0 Å². The predicted octanol–water partition coefficient (Wildman–Crippen LogP) is 2.74. The SMILES string of the molecule is CC.CC.Cn1ccc(C(C)(C)CO)n1. The van der Waals surface area contributed by atoms with E-state index >= 15 is 0 Å². The molecule has 0 bridgehead atoms. The number of aliphatic hydroxyl groups excluding tert-OH is 1. The average molecular weight is 214 g/mol. The summed E-state index contributed by atoms with van der Waals surface area (Å²) in [4.78, 5) is 0. The average Bonchev–Trinajstić information content (AvgIpc) is 2.71. The summed E-state index contributed by atoms with van der Waals surface area (Å²) >= 11 is 0. The van der Waals surface area contributed by atoms with Crippen LogP contribution in [0.1, 0.15) is 47.2 Å². The summed E-state index contributed by atoms with van der Waals surface area (Å²) in [5.74, 6) is 0. The first-order valence-corrected chi connectivity index (χ1v) is 5.67. The Balaban J connectivity index is 0. The molecule has 1 aromatic rings. The maximum Gasteiger partial charge on any atom is 0.0703 e. The number of hydrogen-bond donors (Lipinski definition) is 1. The van der Waals surface area contributed by atoms with E-state index in [2.05, 4.69) is 5.10 Å². The third kappa shape index (κ3) is 5.57. The molecule has 0 atom stereocenters. The highest BCUT2D eigenvalue weighted by Crippen LogP contribution is 2.19. The topological polar surface area (TPSA) is 38.0 Å². The molecule has 0 saturated heterocycles. The van der Waals surface area contributed by atoms with Crippen LogP contribution < -0.4 is 0 Å². The fourth-order valence-corrected chi connectivity index (χ4v) is 0.857. The Morgan fingerprint density at radius 3 is 2.00 bits per heavy atom. The van der Waals surface area contributed by atoms with Crippen LogP contribution in [0.5, 0.6) is 0 Å². The van der Waals surface area contributed by atoms with Crippen LogP contribution in [0.2, 0.25) is 0 Å². The van der Waals surface area contributed by atoms with Crippen molar-refractivity contribution in [3.05, 3.63) is 18.0 Å². The second kappa shape index (κ2) is 8.48. The van der Waals surface area contributed by atoms with Crippen molar-refractivity contribution in [2.24, 2.45) is 7.05 Å². The summed E-state index contributed by atoms with van der Waals surface area (Å²) < 4.78 is 1.74. The van der Waals surface area contributed by atoms with Gasteiger partial charge in [-0.15, -0.1) is 0 Å². The summed E-state index contributed by atoms with van der Waals surface area (Å²) in [6, 6.07) is 1.93. The fourth-order valence-electron chi connectivity index (χ4n) is 0.857. The summed E-state index contributed by atoms with van der Waals surface area (Å²) in [5.41, 5.74) is 0.712. The van der Waals surface area contributed by atoms with E-state index in [1.54, 1.807) is 4.68 Å². The van der Waals surface area contributed by atoms with Crippen LogP contribution in [0.4, 0.5) is 0 Å². The quantitative estimate of drug-likeness (QED) is 0.822. The van der Waals surface area contributed by atoms with Crippen molar-refractivity contribution >= 4 is 0 Å². The molecule has 0 saturated carbocycles. The molecule has 15 heavy (non-hydrogen) atoms. The van der Waals surface area contributed by atoms with E-state index in [4.69, 9.17) is 5.11 Å². The number of aromatic nitrogens is 2. The molecule has 0 unspecified atom stereocenters. The number of aliphatic hydroxyl groups is 1. The molecule has 1 N–H and O–H groups in total. The molecule has 3 heteroatoms.